The number of fused-ring (bicyclic) bond motifs is 1. The highest BCUT2D eigenvalue weighted by molar-refractivity contribution is 5.96. The lowest BCUT2D eigenvalue weighted by molar-refractivity contribution is -0.122. The van der Waals surface area contributed by atoms with Gasteiger partial charge >= 0.3 is 0 Å². The Labute approximate surface area is 185 Å². The molecule has 2 fully saturated rings. The first-order chi connectivity index (χ1) is 15.6. The second-order valence-electron chi connectivity index (χ2n) is 8.47. The Kier molecular flexibility index (Phi) is 5.57. The highest BCUT2D eigenvalue weighted by Gasteiger charge is 2.29. The normalized spacial score (nSPS) is 16.7. The van der Waals surface area contributed by atoms with Crippen LogP contribution < -0.4 is 10.6 Å². The Morgan fingerprint density at radius 1 is 0.875 bits per heavy atom. The zero-order valence-corrected chi connectivity index (χ0v) is 17.6. The first kappa shape index (κ1) is 20.6. The number of nitrogens with zero attached hydrogens (tertiary/aromatic N) is 1. The number of hydrogen-bond donors (Lipinski definition) is 2. The molecule has 6 nitrogen and oxygen atoms in total. The number of hydrogen-bond acceptors (Lipinski definition) is 4. The van der Waals surface area contributed by atoms with E-state index in [1.54, 1.807) is 18.3 Å². The van der Waals surface area contributed by atoms with E-state index in [0.29, 0.717) is 48.7 Å². The molecule has 0 radical (unpaired) electrons. The minimum Gasteiger partial charge on any atom is -0.381 e. The second-order valence-corrected chi connectivity index (χ2v) is 8.47. The Balaban J connectivity index is 1.37. The Morgan fingerprint density at radius 3 is 2.41 bits per heavy atom. The van der Waals surface area contributed by atoms with Gasteiger partial charge in [0.1, 0.15) is 11.6 Å². The minimum absolute atomic E-state index is 0.00940. The van der Waals surface area contributed by atoms with Crippen LogP contribution in [-0.2, 0) is 14.3 Å². The summed E-state index contributed by atoms with van der Waals surface area (Å²) in [7, 11) is 0. The van der Waals surface area contributed by atoms with Gasteiger partial charge in [0.25, 0.3) is 0 Å². The summed E-state index contributed by atoms with van der Waals surface area (Å²) in [5, 5.41) is 7.50. The molecule has 1 saturated carbocycles. The molecular weight excluding hydrogens is 409 g/mol. The number of amides is 2. The van der Waals surface area contributed by atoms with Crippen molar-refractivity contribution in [3.8, 4) is 11.1 Å². The fourth-order valence-corrected chi connectivity index (χ4v) is 3.98. The molecule has 1 aromatic heterocycles. The molecule has 2 heterocycles. The predicted octanol–water partition coefficient (Wildman–Crippen LogP) is 4.75. The number of benzene rings is 2. The van der Waals surface area contributed by atoms with Gasteiger partial charge in [0.2, 0.25) is 11.8 Å². The maximum absolute atomic E-state index is 14.6. The predicted molar refractivity (Wildman–Crippen MR) is 121 cm³/mol. The fraction of sp³-hybridized carbons (Fsp3) is 0.320. The summed E-state index contributed by atoms with van der Waals surface area (Å²) < 4.78 is 20.0. The summed E-state index contributed by atoms with van der Waals surface area (Å²) in [5.74, 6) is 0.126. The Bertz CT molecular complexity index is 1190. The van der Waals surface area contributed by atoms with Crippen LogP contribution in [0.2, 0.25) is 0 Å². The monoisotopic (exact) mass is 433 g/mol. The van der Waals surface area contributed by atoms with Crippen molar-refractivity contribution >= 4 is 34.1 Å². The third-order valence-electron chi connectivity index (χ3n) is 6.06. The van der Waals surface area contributed by atoms with Crippen molar-refractivity contribution in [1.82, 2.24) is 4.98 Å². The summed E-state index contributed by atoms with van der Waals surface area (Å²) in [6.45, 7) is 1.17. The first-order valence-electron chi connectivity index (χ1n) is 11.0. The average Bonchev–Trinajstić information content (AvgIpc) is 3.66. The first-order valence-corrected chi connectivity index (χ1v) is 11.0. The van der Waals surface area contributed by atoms with E-state index in [1.165, 1.54) is 6.07 Å². The van der Waals surface area contributed by atoms with Crippen LogP contribution in [0.4, 0.5) is 15.9 Å². The summed E-state index contributed by atoms with van der Waals surface area (Å²) in [6.07, 6.45) is 4.93. The van der Waals surface area contributed by atoms with Gasteiger partial charge in [-0.2, -0.15) is 0 Å². The molecular formula is C25H24FN3O3. The number of carbonyl (C=O) groups excluding carboxylic acids is 2. The smallest absolute Gasteiger partial charge is 0.228 e. The number of pyridine rings is 1. The van der Waals surface area contributed by atoms with Gasteiger partial charge < -0.3 is 15.4 Å². The lowest BCUT2D eigenvalue weighted by atomic mass is 9.98. The van der Waals surface area contributed by atoms with Gasteiger partial charge in [0.05, 0.1) is 0 Å². The van der Waals surface area contributed by atoms with Crippen molar-refractivity contribution in [2.45, 2.75) is 25.7 Å². The molecule has 7 heteroatoms. The van der Waals surface area contributed by atoms with Crippen LogP contribution in [0.3, 0.4) is 0 Å². The Morgan fingerprint density at radius 2 is 1.62 bits per heavy atom. The van der Waals surface area contributed by atoms with Crippen molar-refractivity contribution in [3.05, 3.63) is 54.5 Å². The molecule has 2 N–H and O–H groups in total. The van der Waals surface area contributed by atoms with E-state index in [2.05, 4.69) is 15.6 Å². The van der Waals surface area contributed by atoms with Gasteiger partial charge in [-0.05, 0) is 67.0 Å². The van der Waals surface area contributed by atoms with E-state index in [9.17, 15) is 14.0 Å². The van der Waals surface area contributed by atoms with E-state index in [4.69, 9.17) is 4.74 Å². The maximum Gasteiger partial charge on any atom is 0.228 e. The zero-order chi connectivity index (χ0) is 22.1. The number of aromatic nitrogens is 1. The van der Waals surface area contributed by atoms with Crippen LogP contribution in [0.15, 0.2) is 48.7 Å². The Hall–Kier alpha value is -3.32. The quantitative estimate of drug-likeness (QED) is 0.608. The van der Waals surface area contributed by atoms with Crippen LogP contribution >= 0.6 is 0 Å². The van der Waals surface area contributed by atoms with Gasteiger partial charge in [-0.1, -0.05) is 12.1 Å². The van der Waals surface area contributed by atoms with Gasteiger partial charge in [0.15, 0.2) is 0 Å². The molecule has 0 unspecified atom stereocenters. The number of halogens is 1. The van der Waals surface area contributed by atoms with Crippen molar-refractivity contribution < 1.29 is 18.7 Å². The molecule has 1 saturated heterocycles. The SMILES string of the molecule is O=C(Nc1ccc(F)c(-c2ccc3cc(NC(=O)C4CC4)ncc3c2)c1)C1CCOCC1. The van der Waals surface area contributed by atoms with Crippen LogP contribution in [0.1, 0.15) is 25.7 Å². The standard InChI is InChI=1S/C25H24FN3O3/c26-22-6-5-20(28-24(30)16-7-9-32-10-8-16)13-21(22)18-4-3-17-12-23(27-14-19(17)11-18)29-25(31)15-1-2-15/h3-6,11-16H,1-2,7-10H2,(H,28,30)(H,27,29,31). The molecule has 0 spiro atoms. The second kappa shape index (κ2) is 8.67. The highest BCUT2D eigenvalue weighted by atomic mass is 19.1. The third kappa shape index (κ3) is 4.48. The van der Waals surface area contributed by atoms with E-state index in [-0.39, 0.29) is 29.5 Å². The van der Waals surface area contributed by atoms with E-state index < -0.39 is 0 Å². The van der Waals surface area contributed by atoms with Crippen LogP contribution in [0.25, 0.3) is 21.9 Å². The molecule has 5 rings (SSSR count). The molecule has 0 bridgehead atoms. The van der Waals surface area contributed by atoms with Gasteiger partial charge in [0, 0.05) is 47.9 Å². The summed E-state index contributed by atoms with van der Waals surface area (Å²) in [6, 6.07) is 12.0. The van der Waals surface area contributed by atoms with E-state index in [0.717, 1.165) is 23.6 Å². The van der Waals surface area contributed by atoms with Gasteiger partial charge in [-0.25, -0.2) is 9.37 Å². The minimum atomic E-state index is -0.366. The van der Waals surface area contributed by atoms with Crippen molar-refractivity contribution in [1.29, 1.82) is 0 Å². The topological polar surface area (TPSA) is 80.3 Å². The third-order valence-corrected chi connectivity index (χ3v) is 6.06. The fourth-order valence-electron chi connectivity index (χ4n) is 3.98. The molecule has 2 amide bonds. The van der Waals surface area contributed by atoms with Crippen molar-refractivity contribution in [2.24, 2.45) is 11.8 Å². The summed E-state index contributed by atoms with van der Waals surface area (Å²) >= 11 is 0. The largest absolute Gasteiger partial charge is 0.381 e. The van der Waals surface area contributed by atoms with E-state index in [1.807, 2.05) is 24.3 Å². The van der Waals surface area contributed by atoms with Crippen molar-refractivity contribution in [3.63, 3.8) is 0 Å². The molecule has 0 atom stereocenters. The average molecular weight is 433 g/mol. The highest BCUT2D eigenvalue weighted by Crippen LogP contribution is 2.32. The lowest BCUT2D eigenvalue weighted by Gasteiger charge is -2.21. The zero-order valence-electron chi connectivity index (χ0n) is 17.6. The summed E-state index contributed by atoms with van der Waals surface area (Å²) in [5.41, 5.74) is 1.66. The van der Waals surface area contributed by atoms with Crippen molar-refractivity contribution in [2.75, 3.05) is 23.8 Å². The summed E-state index contributed by atoms with van der Waals surface area (Å²) in [4.78, 5) is 28.8. The molecule has 32 heavy (non-hydrogen) atoms. The molecule has 3 aromatic rings. The number of rotatable bonds is 5. The van der Waals surface area contributed by atoms with Crippen LogP contribution in [-0.4, -0.2) is 30.0 Å². The molecule has 2 aliphatic rings. The molecule has 1 aliphatic heterocycles. The molecule has 2 aromatic carbocycles. The van der Waals surface area contributed by atoms with Crippen LogP contribution in [0.5, 0.6) is 0 Å². The molecule has 164 valence electrons. The van der Waals surface area contributed by atoms with Crippen LogP contribution in [0, 0.1) is 17.7 Å². The van der Waals surface area contributed by atoms with E-state index >= 15 is 0 Å². The number of nitrogens with one attached hydrogen (secondary N) is 2. The maximum atomic E-state index is 14.6. The number of carbonyl (C=O) groups is 2. The number of anilines is 2. The molecule has 1 aliphatic carbocycles. The van der Waals surface area contributed by atoms with Gasteiger partial charge in [-0.3, -0.25) is 9.59 Å². The lowest BCUT2D eigenvalue weighted by Crippen LogP contribution is -2.28. The number of ether oxygens (including phenoxy) is 1. The van der Waals surface area contributed by atoms with Gasteiger partial charge in [-0.15, -0.1) is 0 Å².